The lowest BCUT2D eigenvalue weighted by Gasteiger charge is -2.30. The van der Waals surface area contributed by atoms with Crippen LogP contribution in [0.4, 0.5) is 0 Å². The van der Waals surface area contributed by atoms with Crippen molar-refractivity contribution < 1.29 is 4.79 Å². The average Bonchev–Trinajstić information content (AvgIpc) is 2.64. The number of nitrogens with two attached hydrogens (primary N) is 1. The molecule has 90 valence electrons. The molecule has 2 heterocycles. The number of halogens is 1. The van der Waals surface area contributed by atoms with Gasteiger partial charge >= 0.3 is 0 Å². The summed E-state index contributed by atoms with van der Waals surface area (Å²) in [4.78, 5) is 15.9. The maximum absolute atomic E-state index is 12.0. The molecule has 5 heteroatoms. The van der Waals surface area contributed by atoms with Crippen LogP contribution in [-0.4, -0.2) is 29.9 Å². The molecule has 0 aromatic carbocycles. The molecule has 0 unspecified atom stereocenters. The molecular weight excluding hydrogens is 244 g/mol. The minimum Gasteiger partial charge on any atom is -0.336 e. The van der Waals surface area contributed by atoms with Gasteiger partial charge in [0.05, 0.1) is 4.88 Å². The highest BCUT2D eigenvalue weighted by Crippen LogP contribution is 2.19. The van der Waals surface area contributed by atoms with Crippen molar-refractivity contribution in [3.8, 4) is 0 Å². The van der Waals surface area contributed by atoms with Crippen molar-refractivity contribution in [2.75, 3.05) is 13.1 Å². The van der Waals surface area contributed by atoms with Crippen LogP contribution in [0.25, 0.3) is 0 Å². The van der Waals surface area contributed by atoms with E-state index in [9.17, 15) is 4.79 Å². The fourth-order valence-electron chi connectivity index (χ4n) is 1.90. The number of carbonyl (C=O) groups is 1. The summed E-state index contributed by atoms with van der Waals surface area (Å²) in [6, 6.07) is 4.05. The monoisotopic (exact) mass is 260 g/mol. The lowest BCUT2D eigenvalue weighted by Crippen LogP contribution is -2.45. The smallest absolute Gasteiger partial charge is 0.263 e. The second-order valence-corrected chi connectivity index (χ2v) is 5.35. The zero-order valence-corrected chi connectivity index (χ0v) is 10.9. The predicted octanol–water partition coefficient (Wildman–Crippen LogP) is 2.04. The number of piperidine rings is 1. The van der Waals surface area contributed by atoms with E-state index in [2.05, 4.69) is 0 Å². The summed E-state index contributed by atoms with van der Waals surface area (Å²) in [6.07, 6.45) is 2.06. The molecule has 2 rings (SSSR count). The number of rotatable bonds is 1. The average molecular weight is 261 g/mol. The molecule has 3 nitrogen and oxygen atoms in total. The molecule has 1 saturated heterocycles. The van der Waals surface area contributed by atoms with E-state index in [1.54, 1.807) is 11.3 Å². The van der Waals surface area contributed by atoms with Gasteiger partial charge in [0.25, 0.3) is 5.91 Å². The lowest BCUT2D eigenvalue weighted by atomic mass is 10.1. The molecule has 0 spiro atoms. The SMILES string of the molecule is Cc1ccc(C(=O)N2CCC[C@@H](N)C2)s1.Cl. The third-order valence-electron chi connectivity index (χ3n) is 2.70. The van der Waals surface area contributed by atoms with Crippen LogP contribution in [0.3, 0.4) is 0 Å². The van der Waals surface area contributed by atoms with E-state index < -0.39 is 0 Å². The molecule has 1 amide bonds. The summed E-state index contributed by atoms with van der Waals surface area (Å²) in [7, 11) is 0. The summed E-state index contributed by atoms with van der Waals surface area (Å²) < 4.78 is 0. The van der Waals surface area contributed by atoms with Gasteiger partial charge in [0.2, 0.25) is 0 Å². The second-order valence-electron chi connectivity index (χ2n) is 4.06. The zero-order valence-electron chi connectivity index (χ0n) is 9.31. The molecule has 2 N–H and O–H groups in total. The third kappa shape index (κ3) is 2.97. The van der Waals surface area contributed by atoms with E-state index in [1.807, 2.05) is 24.0 Å². The van der Waals surface area contributed by atoms with E-state index in [0.29, 0.717) is 6.54 Å². The predicted molar refractivity (Wildman–Crippen MR) is 69.4 cm³/mol. The van der Waals surface area contributed by atoms with Gasteiger partial charge in [0.1, 0.15) is 0 Å². The van der Waals surface area contributed by atoms with Crippen LogP contribution >= 0.6 is 23.7 Å². The largest absolute Gasteiger partial charge is 0.336 e. The second kappa shape index (κ2) is 5.66. The van der Waals surface area contributed by atoms with Crippen LogP contribution in [0.2, 0.25) is 0 Å². The number of amides is 1. The van der Waals surface area contributed by atoms with E-state index in [4.69, 9.17) is 5.73 Å². The van der Waals surface area contributed by atoms with Gasteiger partial charge < -0.3 is 10.6 Å². The first kappa shape index (κ1) is 13.5. The van der Waals surface area contributed by atoms with Gasteiger partial charge in [-0.25, -0.2) is 0 Å². The Morgan fingerprint density at radius 1 is 1.56 bits per heavy atom. The molecule has 1 atom stereocenters. The minimum atomic E-state index is 0. The highest BCUT2D eigenvalue weighted by molar-refractivity contribution is 7.13. The molecular formula is C11H17ClN2OS. The van der Waals surface area contributed by atoms with E-state index in [-0.39, 0.29) is 24.4 Å². The van der Waals surface area contributed by atoms with Crippen LogP contribution in [0.15, 0.2) is 12.1 Å². The molecule has 1 aromatic rings. The molecule has 1 aromatic heterocycles. The molecule has 0 bridgehead atoms. The number of thiophene rings is 1. The van der Waals surface area contributed by atoms with Crippen molar-refractivity contribution in [2.45, 2.75) is 25.8 Å². The highest BCUT2D eigenvalue weighted by atomic mass is 35.5. The molecule has 0 saturated carbocycles. The standard InChI is InChI=1S/C11H16N2OS.ClH/c1-8-4-5-10(15-8)11(14)13-6-2-3-9(12)7-13;/h4-5,9H,2-3,6-7,12H2,1H3;1H/t9-;/m1./s1. The number of carbonyl (C=O) groups excluding carboxylic acids is 1. The van der Waals surface area contributed by atoms with E-state index in [1.165, 1.54) is 4.88 Å². The van der Waals surface area contributed by atoms with Gasteiger partial charge in [-0.3, -0.25) is 4.79 Å². The number of hydrogen-bond donors (Lipinski definition) is 1. The van der Waals surface area contributed by atoms with Crippen LogP contribution in [0.1, 0.15) is 27.4 Å². The van der Waals surface area contributed by atoms with Gasteiger partial charge in [-0.15, -0.1) is 23.7 Å². The van der Waals surface area contributed by atoms with Gasteiger partial charge in [0, 0.05) is 24.0 Å². The molecule has 0 radical (unpaired) electrons. The van der Waals surface area contributed by atoms with Gasteiger partial charge in [-0.1, -0.05) is 0 Å². The summed E-state index contributed by atoms with van der Waals surface area (Å²) in [5.41, 5.74) is 5.86. The molecule has 0 aliphatic carbocycles. The Labute approximate surface area is 106 Å². The number of hydrogen-bond acceptors (Lipinski definition) is 3. The Morgan fingerprint density at radius 2 is 2.31 bits per heavy atom. The minimum absolute atomic E-state index is 0. The van der Waals surface area contributed by atoms with E-state index >= 15 is 0 Å². The van der Waals surface area contributed by atoms with Crippen molar-refractivity contribution in [3.05, 3.63) is 21.9 Å². The first-order chi connectivity index (χ1) is 7.16. The van der Waals surface area contributed by atoms with Crippen LogP contribution in [0, 0.1) is 6.92 Å². The Kier molecular flexibility index (Phi) is 4.77. The molecule has 1 aliphatic rings. The van der Waals surface area contributed by atoms with Crippen molar-refractivity contribution in [1.29, 1.82) is 0 Å². The number of likely N-dealkylation sites (tertiary alicyclic amines) is 1. The van der Waals surface area contributed by atoms with Gasteiger partial charge in [-0.05, 0) is 31.9 Å². The summed E-state index contributed by atoms with van der Waals surface area (Å²) in [5, 5.41) is 0. The van der Waals surface area contributed by atoms with Crippen molar-refractivity contribution in [2.24, 2.45) is 5.73 Å². The van der Waals surface area contributed by atoms with Gasteiger partial charge in [0.15, 0.2) is 0 Å². The maximum Gasteiger partial charge on any atom is 0.263 e. The fraction of sp³-hybridized carbons (Fsp3) is 0.545. The summed E-state index contributed by atoms with van der Waals surface area (Å²) in [6.45, 7) is 3.57. The third-order valence-corrected chi connectivity index (χ3v) is 3.68. The van der Waals surface area contributed by atoms with Crippen LogP contribution in [0.5, 0.6) is 0 Å². The molecule has 1 fully saturated rings. The fourth-order valence-corrected chi connectivity index (χ4v) is 2.74. The highest BCUT2D eigenvalue weighted by Gasteiger charge is 2.22. The molecule has 16 heavy (non-hydrogen) atoms. The first-order valence-electron chi connectivity index (χ1n) is 5.28. The maximum atomic E-state index is 12.0. The Morgan fingerprint density at radius 3 is 2.88 bits per heavy atom. The zero-order chi connectivity index (χ0) is 10.8. The Bertz CT molecular complexity index is 367. The van der Waals surface area contributed by atoms with Crippen molar-refractivity contribution in [1.82, 2.24) is 4.90 Å². The summed E-state index contributed by atoms with van der Waals surface area (Å²) >= 11 is 1.56. The molecule has 1 aliphatic heterocycles. The first-order valence-corrected chi connectivity index (χ1v) is 6.10. The van der Waals surface area contributed by atoms with Crippen LogP contribution in [-0.2, 0) is 0 Å². The summed E-state index contributed by atoms with van der Waals surface area (Å²) in [5.74, 6) is 0.142. The number of aryl methyl sites for hydroxylation is 1. The van der Waals surface area contributed by atoms with Crippen LogP contribution < -0.4 is 5.73 Å². The van der Waals surface area contributed by atoms with E-state index in [0.717, 1.165) is 24.3 Å². The quantitative estimate of drug-likeness (QED) is 0.840. The van der Waals surface area contributed by atoms with Crippen molar-refractivity contribution >= 4 is 29.7 Å². The van der Waals surface area contributed by atoms with Gasteiger partial charge in [-0.2, -0.15) is 0 Å². The lowest BCUT2D eigenvalue weighted by molar-refractivity contribution is 0.0714. The van der Waals surface area contributed by atoms with Crippen molar-refractivity contribution in [3.63, 3.8) is 0 Å². The Balaban J connectivity index is 0.00000128. The number of nitrogens with zero attached hydrogens (tertiary/aromatic N) is 1. The normalized spacial score (nSPS) is 20.4. The Hall–Kier alpha value is -0.580. The topological polar surface area (TPSA) is 46.3 Å².